The molecule has 0 amide bonds. The highest BCUT2D eigenvalue weighted by Gasteiger charge is 2.04. The molecule has 0 spiro atoms. The Kier molecular flexibility index (Phi) is 1.03. The first-order valence-electron chi connectivity index (χ1n) is 3.01. The molecule has 0 aliphatic carbocycles. The Hall–Kier alpha value is -1.72. The van der Waals surface area contributed by atoms with Crippen LogP contribution in [0.4, 0.5) is 0 Å². The molecule has 0 saturated carbocycles. The summed E-state index contributed by atoms with van der Waals surface area (Å²) >= 11 is 0. The largest absolute Gasteiger partial charge is 0.294 e. The molecule has 2 heterocycles. The second kappa shape index (κ2) is 1.88. The highest BCUT2D eigenvalue weighted by atomic mass is 16.1. The van der Waals surface area contributed by atoms with Crippen LogP contribution >= 0.6 is 0 Å². The van der Waals surface area contributed by atoms with Gasteiger partial charge in [0, 0.05) is 7.05 Å². The Morgan fingerprint density at radius 2 is 2.45 bits per heavy atom. The molecule has 11 heavy (non-hydrogen) atoms. The SMILES string of the molecule is Cn1[nH]c2nncnc2c1=O. The molecule has 0 aromatic carbocycles. The van der Waals surface area contributed by atoms with Crippen LogP contribution in [0.25, 0.3) is 11.2 Å². The molecular weight excluding hydrogens is 146 g/mol. The zero-order valence-electron chi connectivity index (χ0n) is 5.77. The van der Waals surface area contributed by atoms with E-state index in [0.29, 0.717) is 11.2 Å². The molecule has 0 radical (unpaired) electrons. The van der Waals surface area contributed by atoms with E-state index in [0.717, 1.165) is 0 Å². The van der Waals surface area contributed by atoms with Crippen LogP contribution in [0.15, 0.2) is 11.1 Å². The molecule has 0 saturated heterocycles. The van der Waals surface area contributed by atoms with Crippen molar-refractivity contribution in [3.8, 4) is 0 Å². The lowest BCUT2D eigenvalue weighted by molar-refractivity contribution is 0.745. The number of nitrogens with zero attached hydrogens (tertiary/aromatic N) is 4. The minimum atomic E-state index is -0.185. The Morgan fingerprint density at radius 3 is 3.18 bits per heavy atom. The summed E-state index contributed by atoms with van der Waals surface area (Å²) in [4.78, 5) is 14.9. The van der Waals surface area contributed by atoms with E-state index in [1.807, 2.05) is 0 Å². The van der Waals surface area contributed by atoms with Gasteiger partial charge >= 0.3 is 0 Å². The fraction of sp³-hybridized carbons (Fsp3) is 0.200. The van der Waals surface area contributed by atoms with E-state index < -0.39 is 0 Å². The van der Waals surface area contributed by atoms with Gasteiger partial charge in [0.25, 0.3) is 5.56 Å². The third kappa shape index (κ3) is 0.721. The van der Waals surface area contributed by atoms with Crippen molar-refractivity contribution in [3.05, 3.63) is 16.7 Å². The van der Waals surface area contributed by atoms with Crippen LogP contribution in [0.2, 0.25) is 0 Å². The van der Waals surface area contributed by atoms with Crippen molar-refractivity contribution in [2.45, 2.75) is 0 Å². The average Bonchev–Trinajstić information content (AvgIpc) is 2.30. The Labute approximate surface area is 60.9 Å². The molecule has 6 heteroatoms. The number of hydrogen-bond acceptors (Lipinski definition) is 4. The molecule has 0 fully saturated rings. The quantitative estimate of drug-likeness (QED) is 0.526. The van der Waals surface area contributed by atoms with Crippen LogP contribution in [0.3, 0.4) is 0 Å². The first-order valence-corrected chi connectivity index (χ1v) is 3.01. The van der Waals surface area contributed by atoms with Gasteiger partial charge in [0.05, 0.1) is 0 Å². The second-order valence-electron chi connectivity index (χ2n) is 2.13. The molecule has 0 aliphatic heterocycles. The summed E-state index contributed by atoms with van der Waals surface area (Å²) in [6, 6.07) is 0. The fourth-order valence-corrected chi connectivity index (χ4v) is 0.876. The van der Waals surface area contributed by atoms with Crippen LogP contribution in [-0.2, 0) is 7.05 Å². The molecule has 2 aromatic heterocycles. The predicted octanol–water partition coefficient (Wildman–Crippen LogP) is -0.948. The predicted molar refractivity (Wildman–Crippen MR) is 36.9 cm³/mol. The van der Waals surface area contributed by atoms with E-state index in [-0.39, 0.29) is 5.56 Å². The number of aromatic nitrogens is 5. The molecule has 2 aromatic rings. The van der Waals surface area contributed by atoms with Crippen LogP contribution in [0.1, 0.15) is 0 Å². The number of aromatic amines is 1. The highest BCUT2D eigenvalue weighted by molar-refractivity contribution is 5.66. The summed E-state index contributed by atoms with van der Waals surface area (Å²) in [5.74, 6) is 0. The lowest BCUT2D eigenvalue weighted by Gasteiger charge is -1.81. The summed E-state index contributed by atoms with van der Waals surface area (Å²) in [5.41, 5.74) is 0.553. The monoisotopic (exact) mass is 151 g/mol. The van der Waals surface area contributed by atoms with Crippen molar-refractivity contribution in [3.63, 3.8) is 0 Å². The zero-order valence-corrected chi connectivity index (χ0v) is 5.77. The molecule has 0 bridgehead atoms. The number of rotatable bonds is 0. The maximum atomic E-state index is 11.1. The van der Waals surface area contributed by atoms with Crippen LogP contribution in [-0.4, -0.2) is 25.0 Å². The number of nitrogens with one attached hydrogen (secondary N) is 1. The Morgan fingerprint density at radius 1 is 1.64 bits per heavy atom. The van der Waals surface area contributed by atoms with Crippen molar-refractivity contribution < 1.29 is 0 Å². The molecule has 0 aliphatic rings. The Bertz CT molecular complexity index is 441. The minimum absolute atomic E-state index is 0.185. The topological polar surface area (TPSA) is 76.5 Å². The highest BCUT2D eigenvalue weighted by Crippen LogP contribution is 1.93. The number of H-pyrrole nitrogens is 1. The van der Waals surface area contributed by atoms with Gasteiger partial charge in [-0.1, -0.05) is 0 Å². The van der Waals surface area contributed by atoms with Gasteiger partial charge in [-0.25, -0.2) is 4.98 Å². The molecule has 1 N–H and O–H groups in total. The van der Waals surface area contributed by atoms with E-state index in [9.17, 15) is 4.79 Å². The van der Waals surface area contributed by atoms with Gasteiger partial charge in [-0.05, 0) is 0 Å². The summed E-state index contributed by atoms with van der Waals surface area (Å²) in [5, 5.41) is 9.89. The third-order valence-electron chi connectivity index (χ3n) is 1.40. The van der Waals surface area contributed by atoms with E-state index in [1.54, 1.807) is 7.05 Å². The van der Waals surface area contributed by atoms with Crippen LogP contribution < -0.4 is 5.56 Å². The average molecular weight is 151 g/mol. The number of fused-ring (bicyclic) bond motifs is 1. The van der Waals surface area contributed by atoms with Gasteiger partial charge in [0.15, 0.2) is 11.2 Å². The first kappa shape index (κ1) is 6.02. The normalized spacial score (nSPS) is 10.6. The zero-order chi connectivity index (χ0) is 7.84. The summed E-state index contributed by atoms with van der Waals surface area (Å²) in [6.45, 7) is 0. The minimum Gasteiger partial charge on any atom is -0.276 e. The van der Waals surface area contributed by atoms with Crippen molar-refractivity contribution in [2.24, 2.45) is 7.05 Å². The molecule has 56 valence electrons. The lowest BCUT2D eigenvalue weighted by Crippen LogP contribution is -2.11. The maximum Gasteiger partial charge on any atom is 0.294 e. The van der Waals surface area contributed by atoms with Crippen LogP contribution in [0.5, 0.6) is 0 Å². The van der Waals surface area contributed by atoms with E-state index in [4.69, 9.17) is 0 Å². The lowest BCUT2D eigenvalue weighted by atomic mass is 10.6. The van der Waals surface area contributed by atoms with E-state index in [1.165, 1.54) is 11.0 Å². The van der Waals surface area contributed by atoms with E-state index >= 15 is 0 Å². The molecule has 2 rings (SSSR count). The van der Waals surface area contributed by atoms with Gasteiger partial charge in [-0.15, -0.1) is 10.2 Å². The molecule has 0 unspecified atom stereocenters. The second-order valence-corrected chi connectivity index (χ2v) is 2.13. The van der Waals surface area contributed by atoms with Gasteiger partial charge in [0.2, 0.25) is 0 Å². The fourth-order valence-electron chi connectivity index (χ4n) is 0.876. The standard InChI is InChI=1S/C5H5N5O/c1-10-5(11)3-4(9-10)8-7-2-6-3/h2H,1H3,(H,8,9). The van der Waals surface area contributed by atoms with Gasteiger partial charge in [0.1, 0.15) is 6.33 Å². The van der Waals surface area contributed by atoms with Crippen molar-refractivity contribution in [2.75, 3.05) is 0 Å². The third-order valence-corrected chi connectivity index (χ3v) is 1.40. The molecule has 0 atom stereocenters. The van der Waals surface area contributed by atoms with Gasteiger partial charge in [-0.2, -0.15) is 0 Å². The smallest absolute Gasteiger partial charge is 0.276 e. The van der Waals surface area contributed by atoms with Crippen LogP contribution in [0, 0.1) is 0 Å². The molecule has 6 nitrogen and oxygen atoms in total. The summed E-state index contributed by atoms with van der Waals surface area (Å²) < 4.78 is 1.31. The van der Waals surface area contributed by atoms with Crippen molar-refractivity contribution >= 4 is 11.2 Å². The number of hydrogen-bond donors (Lipinski definition) is 1. The number of aryl methyl sites for hydroxylation is 1. The summed E-state index contributed by atoms with van der Waals surface area (Å²) in [7, 11) is 1.60. The van der Waals surface area contributed by atoms with E-state index in [2.05, 4.69) is 20.3 Å². The van der Waals surface area contributed by atoms with Crippen molar-refractivity contribution in [1.29, 1.82) is 0 Å². The van der Waals surface area contributed by atoms with Gasteiger partial charge in [-0.3, -0.25) is 14.6 Å². The Balaban J connectivity index is 3.04. The molecular formula is C5H5N5O. The van der Waals surface area contributed by atoms with Crippen molar-refractivity contribution in [1.82, 2.24) is 25.0 Å². The van der Waals surface area contributed by atoms with Gasteiger partial charge < -0.3 is 0 Å². The first-order chi connectivity index (χ1) is 5.29. The maximum absolute atomic E-state index is 11.1. The summed E-state index contributed by atoms with van der Waals surface area (Å²) in [6.07, 6.45) is 1.25.